The van der Waals surface area contributed by atoms with Crippen molar-refractivity contribution in [1.82, 2.24) is 19.9 Å². The van der Waals surface area contributed by atoms with Gasteiger partial charge >= 0.3 is 0 Å². The molecule has 2 fully saturated rings. The van der Waals surface area contributed by atoms with Gasteiger partial charge in [0.1, 0.15) is 5.82 Å². The number of hydrogen-bond acceptors (Lipinski definition) is 9. The average Bonchev–Trinajstić information content (AvgIpc) is 3.00. The summed E-state index contributed by atoms with van der Waals surface area (Å²) in [6.45, 7) is 9.40. The molecule has 2 unspecified atom stereocenters. The van der Waals surface area contributed by atoms with Gasteiger partial charge in [0.25, 0.3) is 8.54 Å². The van der Waals surface area contributed by atoms with Gasteiger partial charge in [-0.3, -0.25) is 14.5 Å². The SMILES string of the molecule is CNc1cc(-c2cnc(N3CCC(C)(O)CC3)nc2)c(F)cc1N1CC(C)N(C)C(C)C1.O=Cc1c[nH]c(=O)cc1P(F)F. The average molecular weight is 634 g/mol. The van der Waals surface area contributed by atoms with Crippen LogP contribution in [0, 0.1) is 5.82 Å². The molecular formula is C30H39F3N7O3P. The highest BCUT2D eigenvalue weighted by Gasteiger charge is 2.30. The van der Waals surface area contributed by atoms with Crippen LogP contribution in [-0.4, -0.2) is 89.2 Å². The second-order valence-corrected chi connectivity index (χ2v) is 12.6. The van der Waals surface area contributed by atoms with Gasteiger partial charge in [-0.05, 0) is 52.8 Å². The van der Waals surface area contributed by atoms with E-state index in [4.69, 9.17) is 0 Å². The maximum atomic E-state index is 15.3. The number of anilines is 3. The number of likely N-dealkylation sites (N-methyl/N-ethyl adjacent to an activating group) is 1. The van der Waals surface area contributed by atoms with E-state index in [1.165, 1.54) is 0 Å². The van der Waals surface area contributed by atoms with Crippen LogP contribution in [0.4, 0.5) is 30.1 Å². The minimum atomic E-state index is -3.39. The normalized spacial score (nSPS) is 20.2. The van der Waals surface area contributed by atoms with Crippen LogP contribution in [0.25, 0.3) is 11.1 Å². The van der Waals surface area contributed by atoms with Gasteiger partial charge in [-0.25, -0.2) is 14.4 Å². The predicted molar refractivity (Wildman–Crippen MR) is 169 cm³/mol. The number of nitrogens with one attached hydrogen (secondary N) is 2. The van der Waals surface area contributed by atoms with Gasteiger partial charge in [-0.2, -0.15) is 8.39 Å². The van der Waals surface area contributed by atoms with Crippen LogP contribution in [0.1, 0.15) is 44.0 Å². The molecule has 3 aromatic rings. The van der Waals surface area contributed by atoms with Crippen molar-refractivity contribution in [1.29, 1.82) is 0 Å². The Balaban J connectivity index is 0.000000309. The molecule has 3 N–H and O–H groups in total. The van der Waals surface area contributed by atoms with Crippen LogP contribution < -0.4 is 26.0 Å². The number of piperazine rings is 1. The molecule has 0 bridgehead atoms. The maximum absolute atomic E-state index is 15.3. The Morgan fingerprint density at radius 3 is 2.25 bits per heavy atom. The van der Waals surface area contributed by atoms with Crippen LogP contribution in [0.2, 0.25) is 0 Å². The van der Waals surface area contributed by atoms with E-state index in [1.54, 1.807) is 18.5 Å². The minimum Gasteiger partial charge on any atom is -0.390 e. The number of aromatic nitrogens is 3. The van der Waals surface area contributed by atoms with Crippen LogP contribution in [0.15, 0.2) is 41.6 Å². The second-order valence-electron chi connectivity index (χ2n) is 11.6. The zero-order valence-corrected chi connectivity index (χ0v) is 26.4. The van der Waals surface area contributed by atoms with Gasteiger partial charge in [-0.15, -0.1) is 0 Å². The van der Waals surface area contributed by atoms with Crippen LogP contribution in [0.5, 0.6) is 0 Å². The van der Waals surface area contributed by atoms with Crippen molar-refractivity contribution < 1.29 is 22.7 Å². The van der Waals surface area contributed by atoms with Crippen molar-refractivity contribution in [2.24, 2.45) is 0 Å². The third-order valence-electron chi connectivity index (χ3n) is 8.37. The maximum Gasteiger partial charge on any atom is 0.298 e. The Morgan fingerprint density at radius 2 is 1.70 bits per heavy atom. The Hall–Kier alpha value is -3.54. The predicted octanol–water partition coefficient (Wildman–Crippen LogP) is 4.27. The number of pyridine rings is 1. The molecule has 2 aliphatic rings. The molecule has 2 aliphatic heterocycles. The minimum absolute atomic E-state index is 0.161. The molecule has 5 rings (SSSR count). The van der Waals surface area contributed by atoms with Gasteiger partial charge < -0.3 is 25.2 Å². The third kappa shape index (κ3) is 7.75. The Labute approximate surface area is 256 Å². The number of aromatic amines is 1. The molecule has 2 saturated heterocycles. The largest absolute Gasteiger partial charge is 0.390 e. The Morgan fingerprint density at radius 1 is 1.09 bits per heavy atom. The first-order valence-electron chi connectivity index (χ1n) is 14.4. The molecule has 0 amide bonds. The summed E-state index contributed by atoms with van der Waals surface area (Å²) in [4.78, 5) is 38.6. The lowest BCUT2D eigenvalue weighted by atomic mass is 9.94. The number of halogens is 3. The quantitative estimate of drug-likeness (QED) is 0.270. The number of carbonyl (C=O) groups is 1. The Bertz CT molecular complexity index is 1480. The molecule has 4 heterocycles. The molecule has 2 atom stereocenters. The molecule has 238 valence electrons. The summed E-state index contributed by atoms with van der Waals surface area (Å²) in [5.41, 5.74) is 1.51. The molecule has 1 aromatic carbocycles. The summed E-state index contributed by atoms with van der Waals surface area (Å²) in [6.07, 6.45) is 6.02. The summed E-state index contributed by atoms with van der Waals surface area (Å²) in [7, 11) is 0.624. The highest BCUT2D eigenvalue weighted by Crippen LogP contribution is 2.37. The molecule has 44 heavy (non-hydrogen) atoms. The third-order valence-corrected chi connectivity index (χ3v) is 9.12. The fourth-order valence-corrected chi connectivity index (χ4v) is 5.90. The monoisotopic (exact) mass is 633 g/mol. The standard InChI is InChI=1S/C24H35FN6O.C6H4F2NO2P/c1-16-14-31(15-17(2)29(16)5)22-11-20(25)19(10-21(22)26-4)18-12-27-23(28-13-18)30-8-6-24(3,32)7-9-30;7-12(8)5-1-6(11)9-2-4(5)3-10/h10-13,16-17,26,32H,6-9,14-15H2,1-5H3;1-3H,(H,9,11). The van der Waals surface area contributed by atoms with Crippen molar-refractivity contribution in [2.75, 3.05) is 55.4 Å². The fourth-order valence-electron chi connectivity index (χ4n) is 5.37. The van der Waals surface area contributed by atoms with E-state index in [-0.39, 0.29) is 11.4 Å². The summed E-state index contributed by atoms with van der Waals surface area (Å²) < 4.78 is 39.6. The number of H-pyrrole nitrogens is 1. The zero-order chi connectivity index (χ0) is 32.2. The lowest BCUT2D eigenvalue weighted by Gasteiger charge is -2.44. The number of nitrogens with zero attached hydrogens (tertiary/aromatic N) is 5. The molecular weight excluding hydrogens is 594 g/mol. The van der Waals surface area contributed by atoms with E-state index in [0.29, 0.717) is 61.4 Å². The lowest BCUT2D eigenvalue weighted by Crippen LogP contribution is -2.55. The zero-order valence-electron chi connectivity index (χ0n) is 25.5. The topological polar surface area (TPSA) is 118 Å². The first-order valence-corrected chi connectivity index (χ1v) is 15.5. The van der Waals surface area contributed by atoms with Crippen LogP contribution in [-0.2, 0) is 0 Å². The van der Waals surface area contributed by atoms with Crippen molar-refractivity contribution >= 4 is 37.5 Å². The van der Waals surface area contributed by atoms with Crippen LogP contribution >= 0.6 is 8.54 Å². The highest BCUT2D eigenvalue weighted by atomic mass is 31.2. The fraction of sp³-hybridized carbons (Fsp3) is 0.467. The number of aldehydes is 1. The van der Waals surface area contributed by atoms with Gasteiger partial charge in [-0.1, -0.05) is 0 Å². The van der Waals surface area contributed by atoms with E-state index in [9.17, 15) is 23.1 Å². The molecule has 0 spiro atoms. The number of carbonyl (C=O) groups excluding carboxylic acids is 1. The van der Waals surface area contributed by atoms with Gasteiger partial charge in [0, 0.05) is 86.7 Å². The molecule has 14 heteroatoms. The van der Waals surface area contributed by atoms with Gasteiger partial charge in [0.05, 0.1) is 22.3 Å². The van der Waals surface area contributed by atoms with E-state index in [0.717, 1.165) is 36.7 Å². The molecule has 0 radical (unpaired) electrons. The second kappa shape index (κ2) is 14.0. The van der Waals surface area contributed by atoms with Gasteiger partial charge in [0.15, 0.2) is 6.29 Å². The smallest absolute Gasteiger partial charge is 0.298 e. The molecule has 0 aliphatic carbocycles. The number of hydrogen-bond donors (Lipinski definition) is 3. The summed E-state index contributed by atoms with van der Waals surface area (Å²) in [6, 6.07) is 5.02. The molecule has 10 nitrogen and oxygen atoms in total. The molecule has 2 aromatic heterocycles. The van der Waals surface area contributed by atoms with E-state index < -0.39 is 25.0 Å². The van der Waals surface area contributed by atoms with E-state index in [2.05, 4.69) is 55.9 Å². The lowest BCUT2D eigenvalue weighted by molar-refractivity contribution is 0.0348. The number of aliphatic hydroxyl groups is 1. The summed E-state index contributed by atoms with van der Waals surface area (Å²) in [5, 5.41) is 12.9. The van der Waals surface area contributed by atoms with E-state index >= 15 is 4.39 Å². The van der Waals surface area contributed by atoms with Crippen molar-refractivity contribution in [3.05, 3.63) is 58.5 Å². The van der Waals surface area contributed by atoms with Gasteiger partial charge in [0.2, 0.25) is 11.5 Å². The molecule has 0 saturated carbocycles. The number of piperidine rings is 1. The number of benzene rings is 1. The summed E-state index contributed by atoms with van der Waals surface area (Å²) in [5.74, 6) is 0.346. The summed E-state index contributed by atoms with van der Waals surface area (Å²) >= 11 is 0. The van der Waals surface area contributed by atoms with E-state index in [1.807, 2.05) is 20.0 Å². The van der Waals surface area contributed by atoms with Crippen LogP contribution in [0.3, 0.4) is 0 Å². The van der Waals surface area contributed by atoms with Crippen molar-refractivity contribution in [2.45, 2.75) is 51.3 Å². The first kappa shape index (κ1) is 33.4. The number of rotatable bonds is 6. The first-order chi connectivity index (χ1) is 20.8. The van der Waals surface area contributed by atoms with Crippen molar-refractivity contribution in [3.63, 3.8) is 0 Å². The Kier molecular flexibility index (Phi) is 10.6. The van der Waals surface area contributed by atoms with Crippen molar-refractivity contribution in [3.8, 4) is 11.1 Å². The highest BCUT2D eigenvalue weighted by molar-refractivity contribution is 7.55.